The summed E-state index contributed by atoms with van der Waals surface area (Å²) in [7, 11) is 1.66. The number of aromatic amines is 1. The highest BCUT2D eigenvalue weighted by molar-refractivity contribution is 5.93. The van der Waals surface area contributed by atoms with Crippen molar-refractivity contribution in [3.8, 4) is 0 Å². The Morgan fingerprint density at radius 3 is 3.04 bits per heavy atom. The van der Waals surface area contributed by atoms with E-state index in [1.165, 1.54) is 10.1 Å². The molecule has 2 aliphatic heterocycles. The van der Waals surface area contributed by atoms with Crippen molar-refractivity contribution in [1.29, 1.82) is 0 Å². The van der Waals surface area contributed by atoms with E-state index in [-0.39, 0.29) is 23.2 Å². The highest BCUT2D eigenvalue weighted by Crippen LogP contribution is 2.32. The average Bonchev–Trinajstić information content (AvgIpc) is 2.98. The van der Waals surface area contributed by atoms with Gasteiger partial charge in [-0.2, -0.15) is 0 Å². The zero-order valence-corrected chi connectivity index (χ0v) is 14.9. The SMILES string of the molecule is [2H]c1nc2c(=NC)cc3[nH]n2c1C(=O)NCC1(COC1)Cc1cccc(c1)N3. The molecule has 1 amide bonds. The summed E-state index contributed by atoms with van der Waals surface area (Å²) in [5, 5.41) is 10.1. The predicted molar refractivity (Wildman–Crippen MR) is 100 cm³/mol. The topological polar surface area (TPSA) is 95.8 Å². The Bertz CT molecular complexity index is 1160. The van der Waals surface area contributed by atoms with Crippen molar-refractivity contribution in [2.45, 2.75) is 6.42 Å². The smallest absolute Gasteiger partial charge is 0.271 e. The minimum atomic E-state index is -0.342. The number of ether oxygens (including phenoxy) is 1. The van der Waals surface area contributed by atoms with E-state index >= 15 is 0 Å². The molecule has 2 aliphatic rings. The molecule has 3 aromatic rings. The van der Waals surface area contributed by atoms with Crippen molar-refractivity contribution in [1.82, 2.24) is 19.9 Å². The molecule has 1 fully saturated rings. The number of carbonyl (C=O) groups is 1. The second-order valence-electron chi connectivity index (χ2n) is 7.19. The first-order chi connectivity index (χ1) is 13.6. The Morgan fingerprint density at radius 1 is 1.37 bits per heavy atom. The second-order valence-corrected chi connectivity index (χ2v) is 7.19. The molecule has 1 saturated heterocycles. The summed E-state index contributed by atoms with van der Waals surface area (Å²) in [5.41, 5.74) is 2.56. The van der Waals surface area contributed by atoms with Gasteiger partial charge in [-0.1, -0.05) is 12.1 Å². The lowest BCUT2D eigenvalue weighted by molar-refractivity contribution is -0.109. The van der Waals surface area contributed by atoms with Crippen LogP contribution in [0.2, 0.25) is 0 Å². The number of imidazole rings is 1. The van der Waals surface area contributed by atoms with Crippen LogP contribution in [0.3, 0.4) is 0 Å². The molecule has 2 aromatic heterocycles. The van der Waals surface area contributed by atoms with Crippen LogP contribution in [-0.4, -0.2) is 47.3 Å². The van der Waals surface area contributed by atoms with E-state index in [0.29, 0.717) is 36.6 Å². The molecule has 0 atom stereocenters. The maximum atomic E-state index is 12.9. The van der Waals surface area contributed by atoms with Crippen LogP contribution < -0.4 is 16.0 Å². The lowest BCUT2D eigenvalue weighted by atomic mass is 9.79. The fourth-order valence-electron chi connectivity index (χ4n) is 3.68. The molecule has 1 aromatic carbocycles. The number of nitrogens with zero attached hydrogens (tertiary/aromatic N) is 3. The third-order valence-electron chi connectivity index (χ3n) is 5.13. The van der Waals surface area contributed by atoms with E-state index in [1.54, 1.807) is 7.05 Å². The molecule has 0 radical (unpaired) electrons. The summed E-state index contributed by atoms with van der Waals surface area (Å²) in [4.78, 5) is 21.4. The Morgan fingerprint density at radius 2 is 2.26 bits per heavy atom. The molecule has 138 valence electrons. The van der Waals surface area contributed by atoms with Gasteiger partial charge in [0.1, 0.15) is 16.9 Å². The van der Waals surface area contributed by atoms with Crippen LogP contribution in [0.15, 0.2) is 41.5 Å². The van der Waals surface area contributed by atoms with Crippen molar-refractivity contribution in [2.24, 2.45) is 10.4 Å². The van der Waals surface area contributed by atoms with E-state index in [9.17, 15) is 4.79 Å². The Hall–Kier alpha value is -3.13. The number of carbonyl (C=O) groups excluding carboxylic acids is 1. The molecule has 5 rings (SSSR count). The standard InChI is InChI=1S/C19H20N6O2/c1-20-14-6-16-23-13-4-2-3-12(5-13)7-19(10-27-11-19)9-22-18(26)15-8-21-17(14)25(15)24-16/h2-6,8,23-24H,7,9-11H2,1H3,(H,22,26)/i8D. The number of anilines is 2. The van der Waals surface area contributed by atoms with E-state index < -0.39 is 0 Å². The largest absolute Gasteiger partial charge is 0.380 e. The van der Waals surface area contributed by atoms with Gasteiger partial charge in [0.15, 0.2) is 5.65 Å². The lowest BCUT2D eigenvalue weighted by Gasteiger charge is -2.41. The molecular weight excluding hydrogens is 344 g/mol. The monoisotopic (exact) mass is 365 g/mol. The molecule has 0 aliphatic carbocycles. The molecule has 3 N–H and O–H groups in total. The Labute approximate surface area is 156 Å². The zero-order valence-electron chi connectivity index (χ0n) is 15.9. The number of nitrogens with one attached hydrogen (secondary N) is 3. The molecular formula is C19H20N6O2. The first kappa shape index (κ1) is 15.0. The van der Waals surface area contributed by atoms with E-state index in [0.717, 1.165) is 12.1 Å². The number of benzene rings is 1. The summed E-state index contributed by atoms with van der Waals surface area (Å²) in [6.07, 6.45) is 0.708. The summed E-state index contributed by atoms with van der Waals surface area (Å²) >= 11 is 0. The number of hydrogen-bond donors (Lipinski definition) is 3. The zero-order chi connectivity index (χ0) is 19.3. The third kappa shape index (κ3) is 2.69. The van der Waals surface area contributed by atoms with Gasteiger partial charge in [-0.25, -0.2) is 9.50 Å². The van der Waals surface area contributed by atoms with Crippen LogP contribution in [-0.2, 0) is 11.2 Å². The number of hydrogen-bond acceptors (Lipinski definition) is 5. The fourth-order valence-corrected chi connectivity index (χ4v) is 3.68. The van der Waals surface area contributed by atoms with Crippen LogP contribution in [0, 0.1) is 5.41 Å². The van der Waals surface area contributed by atoms with Crippen molar-refractivity contribution in [2.75, 3.05) is 32.1 Å². The molecule has 8 nitrogen and oxygen atoms in total. The maximum Gasteiger partial charge on any atom is 0.271 e. The van der Waals surface area contributed by atoms with Crippen molar-refractivity contribution < 1.29 is 10.9 Å². The van der Waals surface area contributed by atoms with Crippen LogP contribution >= 0.6 is 0 Å². The molecule has 4 bridgehead atoms. The Kier molecular flexibility index (Phi) is 3.30. The van der Waals surface area contributed by atoms with Crippen molar-refractivity contribution in [3.63, 3.8) is 0 Å². The quantitative estimate of drug-likeness (QED) is 0.558. The highest BCUT2D eigenvalue weighted by Gasteiger charge is 2.39. The van der Waals surface area contributed by atoms with Gasteiger partial charge < -0.3 is 15.4 Å². The van der Waals surface area contributed by atoms with Crippen LogP contribution in [0.25, 0.3) is 5.65 Å². The maximum absolute atomic E-state index is 12.9. The summed E-state index contributed by atoms with van der Waals surface area (Å²) in [5.74, 6) is 0.308. The summed E-state index contributed by atoms with van der Waals surface area (Å²) in [6, 6.07) is 10.0. The first-order valence-corrected chi connectivity index (χ1v) is 8.84. The van der Waals surface area contributed by atoms with E-state index in [1.807, 2.05) is 18.2 Å². The molecule has 27 heavy (non-hydrogen) atoms. The third-order valence-corrected chi connectivity index (χ3v) is 5.13. The van der Waals surface area contributed by atoms with Gasteiger partial charge in [0, 0.05) is 30.8 Å². The fraction of sp³-hybridized carbons (Fsp3) is 0.316. The predicted octanol–water partition coefficient (Wildman–Crippen LogP) is 1.24. The van der Waals surface area contributed by atoms with E-state index in [2.05, 4.69) is 37.8 Å². The van der Waals surface area contributed by atoms with Crippen LogP contribution in [0.1, 0.15) is 17.4 Å². The number of aromatic nitrogens is 3. The van der Waals surface area contributed by atoms with Gasteiger partial charge in [-0.3, -0.25) is 14.9 Å². The highest BCUT2D eigenvalue weighted by atomic mass is 16.5. The van der Waals surface area contributed by atoms with Gasteiger partial charge in [0.2, 0.25) is 0 Å². The van der Waals surface area contributed by atoms with Crippen LogP contribution in [0.4, 0.5) is 11.5 Å². The molecule has 0 saturated carbocycles. The second kappa shape index (κ2) is 5.95. The Balaban J connectivity index is 1.71. The summed E-state index contributed by atoms with van der Waals surface area (Å²) in [6.45, 7) is 1.67. The minimum absolute atomic E-state index is 0.0925. The van der Waals surface area contributed by atoms with Gasteiger partial charge in [-0.15, -0.1) is 0 Å². The number of fused-ring (bicyclic) bond motifs is 3. The first-order valence-electron chi connectivity index (χ1n) is 9.34. The normalized spacial score (nSPS) is 19.5. The molecule has 0 unspecified atom stereocenters. The van der Waals surface area contributed by atoms with Crippen LogP contribution in [0.5, 0.6) is 0 Å². The number of rotatable bonds is 0. The van der Waals surface area contributed by atoms with Gasteiger partial charge in [0.05, 0.1) is 20.8 Å². The molecule has 4 heterocycles. The summed E-state index contributed by atoms with van der Waals surface area (Å²) < 4.78 is 15.2. The van der Waals surface area contributed by atoms with Gasteiger partial charge >= 0.3 is 0 Å². The molecule has 1 spiro atoms. The van der Waals surface area contributed by atoms with E-state index in [4.69, 9.17) is 6.11 Å². The number of H-pyrrole nitrogens is 1. The van der Waals surface area contributed by atoms with Crippen molar-refractivity contribution in [3.05, 3.63) is 53.1 Å². The number of amides is 1. The van der Waals surface area contributed by atoms with Gasteiger partial charge in [-0.05, 0) is 24.1 Å². The lowest BCUT2D eigenvalue weighted by Crippen LogP contribution is -2.52. The average molecular weight is 365 g/mol. The van der Waals surface area contributed by atoms with Crippen molar-refractivity contribution >= 4 is 23.1 Å². The molecule has 8 heteroatoms. The minimum Gasteiger partial charge on any atom is -0.380 e. The van der Waals surface area contributed by atoms with Gasteiger partial charge in [0.25, 0.3) is 5.91 Å².